The van der Waals surface area contributed by atoms with Gasteiger partial charge in [-0.3, -0.25) is 0 Å². The summed E-state index contributed by atoms with van der Waals surface area (Å²) in [5, 5.41) is 4.83. The third-order valence-electron chi connectivity index (χ3n) is 7.36. The monoisotopic (exact) mass is 527 g/mol. The summed E-state index contributed by atoms with van der Waals surface area (Å²) in [6.45, 7) is 9.50. The van der Waals surface area contributed by atoms with E-state index >= 15 is 0 Å². The molecule has 3 aromatic rings. The number of fused-ring (bicyclic) bond motifs is 1. The number of amides is 2. The molecule has 36 heavy (non-hydrogen) atoms. The molecule has 2 aliphatic rings. The average molecular weight is 528 g/mol. The van der Waals surface area contributed by atoms with Crippen LogP contribution in [-0.4, -0.2) is 73.2 Å². The van der Waals surface area contributed by atoms with Crippen LogP contribution in [0.15, 0.2) is 36.4 Å². The number of hydrogen-bond donors (Lipinski definition) is 1. The number of nitrogens with one attached hydrogen (secondary N) is 1. The van der Waals surface area contributed by atoms with Crippen molar-refractivity contribution in [3.8, 4) is 5.75 Å². The fourth-order valence-electron chi connectivity index (χ4n) is 5.18. The zero-order valence-corrected chi connectivity index (χ0v) is 22.7. The largest absolute Gasteiger partial charge is 0.496 e. The van der Waals surface area contributed by atoms with Crippen molar-refractivity contribution in [2.45, 2.75) is 38.6 Å². The molecule has 0 spiro atoms. The van der Waals surface area contributed by atoms with Gasteiger partial charge in [-0.25, -0.2) is 9.78 Å². The zero-order valence-electron chi connectivity index (χ0n) is 21.2. The lowest BCUT2D eigenvalue weighted by molar-refractivity contribution is 0.171. The second kappa shape index (κ2) is 10.8. The van der Waals surface area contributed by atoms with E-state index in [0.29, 0.717) is 25.0 Å². The summed E-state index contributed by atoms with van der Waals surface area (Å²) >= 11 is 7.77. The van der Waals surface area contributed by atoms with Crippen LogP contribution in [0.5, 0.6) is 5.75 Å². The Kier molecular flexibility index (Phi) is 7.55. The Bertz CT molecular complexity index is 1220. The van der Waals surface area contributed by atoms with Crippen molar-refractivity contribution in [3.63, 3.8) is 0 Å². The lowest BCUT2D eigenvalue weighted by Crippen LogP contribution is -2.50. The quantitative estimate of drug-likeness (QED) is 0.447. The van der Waals surface area contributed by atoms with Gasteiger partial charge in [0.1, 0.15) is 5.75 Å². The van der Waals surface area contributed by atoms with Gasteiger partial charge in [-0.2, -0.15) is 0 Å². The van der Waals surface area contributed by atoms with E-state index in [9.17, 15) is 4.79 Å². The molecule has 9 heteroatoms. The predicted molar refractivity (Wildman–Crippen MR) is 149 cm³/mol. The van der Waals surface area contributed by atoms with Crippen molar-refractivity contribution in [1.82, 2.24) is 14.8 Å². The Balaban J connectivity index is 1.20. The minimum atomic E-state index is -0.0588. The Labute approximate surface area is 222 Å². The number of anilines is 2. The molecule has 2 fully saturated rings. The highest BCUT2D eigenvalue weighted by Gasteiger charge is 2.26. The summed E-state index contributed by atoms with van der Waals surface area (Å²) in [5.41, 5.74) is 2.98. The van der Waals surface area contributed by atoms with E-state index in [1.807, 2.05) is 35.2 Å². The summed E-state index contributed by atoms with van der Waals surface area (Å²) in [5.74, 6) is 1.35. The maximum absolute atomic E-state index is 13.1. The molecule has 0 radical (unpaired) electrons. The number of benzene rings is 2. The number of carbonyl (C=O) groups excluding carboxylic acids is 1. The van der Waals surface area contributed by atoms with Crippen LogP contribution in [0.25, 0.3) is 10.2 Å². The molecule has 192 valence electrons. The summed E-state index contributed by atoms with van der Waals surface area (Å²) in [6, 6.07) is 12.3. The highest BCUT2D eigenvalue weighted by Crippen LogP contribution is 2.36. The molecule has 1 N–H and O–H groups in total. The third-order valence-corrected chi connectivity index (χ3v) is 8.67. The number of thiazole rings is 1. The van der Waals surface area contributed by atoms with E-state index < -0.39 is 0 Å². The number of aromatic nitrogens is 1. The second-order valence-electron chi connectivity index (χ2n) is 9.87. The van der Waals surface area contributed by atoms with Crippen LogP contribution in [0.4, 0.5) is 15.6 Å². The van der Waals surface area contributed by atoms with Crippen LogP contribution in [0.1, 0.15) is 38.2 Å². The van der Waals surface area contributed by atoms with Crippen molar-refractivity contribution >= 4 is 50.0 Å². The molecule has 1 aromatic heterocycles. The zero-order chi connectivity index (χ0) is 25.2. The number of halogens is 1. The molecule has 2 aromatic carbocycles. The smallest absolute Gasteiger partial charge is 0.321 e. The minimum Gasteiger partial charge on any atom is -0.496 e. The Morgan fingerprint density at radius 1 is 1.08 bits per heavy atom. The lowest BCUT2D eigenvalue weighted by Gasteiger charge is -2.35. The van der Waals surface area contributed by atoms with E-state index in [-0.39, 0.29) is 6.03 Å². The first-order chi connectivity index (χ1) is 17.4. The van der Waals surface area contributed by atoms with Crippen LogP contribution in [0.2, 0.25) is 5.02 Å². The number of piperazine rings is 1. The first kappa shape index (κ1) is 25.1. The number of likely N-dealkylation sites (tertiary alicyclic amines) is 1. The number of rotatable bonds is 5. The molecule has 2 amide bonds. The number of piperidine rings is 1. The molecule has 0 atom stereocenters. The summed E-state index contributed by atoms with van der Waals surface area (Å²) in [4.78, 5) is 24.5. The molecule has 5 rings (SSSR count). The highest BCUT2D eigenvalue weighted by molar-refractivity contribution is 7.22. The van der Waals surface area contributed by atoms with E-state index in [1.54, 1.807) is 18.4 Å². The Morgan fingerprint density at radius 3 is 2.53 bits per heavy atom. The van der Waals surface area contributed by atoms with E-state index in [1.165, 1.54) is 5.56 Å². The van der Waals surface area contributed by atoms with Gasteiger partial charge in [0.2, 0.25) is 0 Å². The number of methoxy groups -OCH3 is 1. The van der Waals surface area contributed by atoms with Crippen LogP contribution in [0.3, 0.4) is 0 Å². The van der Waals surface area contributed by atoms with Gasteiger partial charge in [-0.05, 0) is 87.7 Å². The van der Waals surface area contributed by atoms with Gasteiger partial charge >= 0.3 is 6.03 Å². The Hall–Kier alpha value is -2.55. The molecule has 0 saturated carbocycles. The van der Waals surface area contributed by atoms with Gasteiger partial charge in [-0.15, -0.1) is 0 Å². The first-order valence-corrected chi connectivity index (χ1v) is 13.9. The van der Waals surface area contributed by atoms with E-state index in [0.717, 1.165) is 70.8 Å². The van der Waals surface area contributed by atoms with Gasteiger partial charge in [-0.1, -0.05) is 22.9 Å². The molecule has 7 nitrogen and oxygen atoms in total. The average Bonchev–Trinajstić information content (AvgIpc) is 3.32. The fraction of sp³-hybridized carbons (Fsp3) is 0.481. The molecule has 3 heterocycles. The molecule has 2 saturated heterocycles. The highest BCUT2D eigenvalue weighted by atomic mass is 35.5. The SMILES string of the molecule is COc1ccc(NC(=O)N2CCN(c3nc4ccc(Cl)cc4s3)CC2)cc1C1CCN(C(C)C)CC1. The molecular formula is C27H34ClN5O2S. The maximum Gasteiger partial charge on any atom is 0.321 e. The summed E-state index contributed by atoms with van der Waals surface area (Å²) in [7, 11) is 1.72. The fourth-order valence-corrected chi connectivity index (χ4v) is 6.48. The second-order valence-corrected chi connectivity index (χ2v) is 11.3. The van der Waals surface area contributed by atoms with Crippen LogP contribution >= 0.6 is 22.9 Å². The molecular weight excluding hydrogens is 494 g/mol. The van der Waals surface area contributed by atoms with Gasteiger partial charge in [0.25, 0.3) is 0 Å². The lowest BCUT2D eigenvalue weighted by atomic mass is 9.88. The van der Waals surface area contributed by atoms with Crippen molar-refractivity contribution in [2.24, 2.45) is 0 Å². The Morgan fingerprint density at radius 2 is 1.83 bits per heavy atom. The van der Waals surface area contributed by atoms with Crippen molar-refractivity contribution in [3.05, 3.63) is 47.0 Å². The number of nitrogens with zero attached hydrogens (tertiary/aromatic N) is 4. The molecule has 0 aliphatic carbocycles. The van der Waals surface area contributed by atoms with Gasteiger partial charge in [0, 0.05) is 42.9 Å². The minimum absolute atomic E-state index is 0.0588. The third kappa shape index (κ3) is 5.41. The van der Waals surface area contributed by atoms with Crippen LogP contribution in [0, 0.1) is 0 Å². The summed E-state index contributed by atoms with van der Waals surface area (Å²) in [6.07, 6.45) is 2.21. The summed E-state index contributed by atoms with van der Waals surface area (Å²) < 4.78 is 6.76. The first-order valence-electron chi connectivity index (χ1n) is 12.7. The van der Waals surface area contributed by atoms with Gasteiger partial charge in [0.15, 0.2) is 5.13 Å². The van der Waals surface area contributed by atoms with Crippen LogP contribution < -0.4 is 15.0 Å². The van der Waals surface area contributed by atoms with Crippen molar-refractivity contribution < 1.29 is 9.53 Å². The molecule has 0 bridgehead atoms. The normalized spacial score (nSPS) is 17.7. The number of carbonyl (C=O) groups is 1. The number of ether oxygens (including phenoxy) is 1. The standard InChI is InChI=1S/C27H34ClN5O2S/c1-18(2)31-10-8-19(9-11-31)22-17-21(5-7-24(22)35-3)29-26(34)32-12-14-33(15-13-32)27-30-23-6-4-20(28)16-25(23)36-27/h4-7,16-19H,8-15H2,1-3H3,(H,29,34). The topological polar surface area (TPSA) is 60.9 Å². The van der Waals surface area contributed by atoms with E-state index in [2.05, 4.69) is 35.0 Å². The van der Waals surface area contributed by atoms with Crippen LogP contribution in [-0.2, 0) is 0 Å². The van der Waals surface area contributed by atoms with Crippen molar-refractivity contribution in [2.75, 3.05) is 56.6 Å². The van der Waals surface area contributed by atoms with Gasteiger partial charge in [0.05, 0.1) is 17.3 Å². The van der Waals surface area contributed by atoms with E-state index in [4.69, 9.17) is 21.3 Å². The maximum atomic E-state index is 13.1. The molecule has 0 unspecified atom stereocenters. The molecule has 2 aliphatic heterocycles. The number of hydrogen-bond acceptors (Lipinski definition) is 6. The number of urea groups is 1. The van der Waals surface area contributed by atoms with Crippen molar-refractivity contribution in [1.29, 1.82) is 0 Å². The van der Waals surface area contributed by atoms with Gasteiger partial charge < -0.3 is 24.8 Å². The predicted octanol–water partition coefficient (Wildman–Crippen LogP) is 5.90.